The van der Waals surface area contributed by atoms with Crippen LogP contribution in [0, 0.1) is 40.9 Å². The molecule has 4 N–H and O–H groups in total. The Morgan fingerprint density at radius 1 is 1.18 bits per heavy atom. The zero-order valence-electron chi connectivity index (χ0n) is 28.0. The summed E-state index contributed by atoms with van der Waals surface area (Å²) in [6.07, 6.45) is 5.54. The second-order valence-corrected chi connectivity index (χ2v) is 15.1. The Balaban J connectivity index is 1.33. The first-order valence-corrected chi connectivity index (χ1v) is 16.9. The van der Waals surface area contributed by atoms with E-state index in [9.17, 15) is 19.8 Å². The number of fused-ring (bicyclic) bond motifs is 2. The van der Waals surface area contributed by atoms with Crippen molar-refractivity contribution in [2.45, 2.75) is 109 Å². The predicted molar refractivity (Wildman–Crippen MR) is 173 cm³/mol. The molecule has 1 aromatic carbocycles. The summed E-state index contributed by atoms with van der Waals surface area (Å²) in [5.74, 6) is 7.59. The number of hydroxylamine groups is 2. The normalized spacial score (nSPS) is 32.6. The van der Waals surface area contributed by atoms with Crippen LogP contribution in [0.2, 0.25) is 0 Å². The van der Waals surface area contributed by atoms with E-state index in [1.807, 2.05) is 43.3 Å². The third kappa shape index (κ3) is 7.26. The number of hydrogen-bond donors (Lipinski definition) is 4. The van der Waals surface area contributed by atoms with Crippen molar-refractivity contribution in [1.82, 2.24) is 20.6 Å². The zero-order chi connectivity index (χ0) is 32.5. The Bertz CT molecular complexity index is 1280. The summed E-state index contributed by atoms with van der Waals surface area (Å²) in [4.78, 5) is 34.7. The van der Waals surface area contributed by atoms with E-state index in [2.05, 4.69) is 43.2 Å². The topological polar surface area (TPSA) is 114 Å². The van der Waals surface area contributed by atoms with Gasteiger partial charge in [-0.15, -0.1) is 0 Å². The molecule has 9 nitrogen and oxygen atoms in total. The number of amides is 2. The molecule has 0 spiro atoms. The molecular formula is C36H54N4O5. The van der Waals surface area contributed by atoms with Gasteiger partial charge in [0, 0.05) is 17.5 Å². The van der Waals surface area contributed by atoms with Gasteiger partial charge in [0.15, 0.2) is 0 Å². The van der Waals surface area contributed by atoms with Crippen LogP contribution >= 0.6 is 0 Å². The van der Waals surface area contributed by atoms with Crippen LogP contribution in [-0.2, 0) is 21.0 Å². The molecule has 5 aliphatic rings. The van der Waals surface area contributed by atoms with Gasteiger partial charge in [0.1, 0.15) is 17.7 Å². The Morgan fingerprint density at radius 2 is 1.91 bits per heavy atom. The largest absolute Gasteiger partial charge is 0.394 e. The maximum atomic E-state index is 14.0. The number of nitrogens with one attached hydrogen (secondary N) is 2. The monoisotopic (exact) mass is 622 g/mol. The number of carbonyl (C=O) groups is 2. The Hall–Kier alpha value is -2.48. The smallest absolute Gasteiger partial charge is 0.240 e. The van der Waals surface area contributed by atoms with Gasteiger partial charge < -0.3 is 25.7 Å². The molecule has 2 amide bonds. The summed E-state index contributed by atoms with van der Waals surface area (Å²) in [6, 6.07) is 7.20. The molecule has 45 heavy (non-hydrogen) atoms. The molecule has 0 radical (unpaired) electrons. The SMILES string of the molecule is CC1C2CC(C[C@@H]1NC(=O)[C@@H]1C([C@H](C)O)C(CO)ON1Cc1cccc(C#CC3(NC(=O)CN(C)C)CCCCC3)c1)C2(C)C. The number of benzene rings is 1. The number of carbonyl (C=O) groups excluding carboxylic acids is 2. The van der Waals surface area contributed by atoms with E-state index in [0.29, 0.717) is 36.3 Å². The minimum Gasteiger partial charge on any atom is -0.394 e. The summed E-state index contributed by atoms with van der Waals surface area (Å²) >= 11 is 0. The first-order chi connectivity index (χ1) is 21.3. The van der Waals surface area contributed by atoms with Crippen LogP contribution in [0.15, 0.2) is 24.3 Å². The summed E-state index contributed by atoms with van der Waals surface area (Å²) in [6.45, 7) is 8.93. The third-order valence-corrected chi connectivity index (χ3v) is 11.3. The first-order valence-electron chi connectivity index (χ1n) is 16.9. The maximum absolute atomic E-state index is 14.0. The van der Waals surface area contributed by atoms with Crippen LogP contribution in [0.5, 0.6) is 0 Å². The fraction of sp³-hybridized carbons (Fsp3) is 0.722. The second kappa shape index (κ2) is 13.7. The molecule has 0 aromatic heterocycles. The number of aliphatic hydroxyl groups is 2. The molecule has 2 bridgehead atoms. The summed E-state index contributed by atoms with van der Waals surface area (Å²) < 4.78 is 0. The number of nitrogens with zero attached hydrogens (tertiary/aromatic N) is 2. The van der Waals surface area contributed by atoms with Crippen LogP contribution in [-0.4, -0.2) is 89.1 Å². The minimum absolute atomic E-state index is 0.0186. The van der Waals surface area contributed by atoms with Gasteiger partial charge in [-0.05, 0) is 87.6 Å². The van der Waals surface area contributed by atoms with Crippen molar-refractivity contribution in [3.8, 4) is 11.8 Å². The zero-order valence-corrected chi connectivity index (χ0v) is 28.0. The molecule has 4 aliphatic carbocycles. The lowest BCUT2D eigenvalue weighted by Gasteiger charge is -2.62. The van der Waals surface area contributed by atoms with Crippen LogP contribution in [0.25, 0.3) is 0 Å². The third-order valence-electron chi connectivity index (χ3n) is 11.3. The molecular weight excluding hydrogens is 568 g/mol. The Kier molecular flexibility index (Phi) is 10.3. The van der Waals surface area contributed by atoms with Crippen molar-refractivity contribution in [2.75, 3.05) is 27.2 Å². The molecule has 1 aromatic rings. The Morgan fingerprint density at radius 3 is 2.53 bits per heavy atom. The molecule has 4 saturated carbocycles. The number of hydrogen-bond acceptors (Lipinski definition) is 7. The highest BCUT2D eigenvalue weighted by atomic mass is 16.7. The lowest BCUT2D eigenvalue weighted by Crippen LogP contribution is -2.62. The molecule has 8 atom stereocenters. The molecule has 5 unspecified atom stereocenters. The second-order valence-electron chi connectivity index (χ2n) is 15.1. The van der Waals surface area contributed by atoms with Gasteiger partial charge in [-0.1, -0.05) is 64.0 Å². The standard InChI is InChI=1S/C36H54N4O5/c1-23-28-18-27(35(28,3)4)19-29(23)37-34(44)33-32(24(2)42)30(22-41)45-40(33)20-26-12-10-11-25(17-26)13-16-36(14-8-7-9-15-36)38-31(43)21-39(5)6/h10-12,17,23-24,27-30,32-33,41-42H,7-9,14-15,18-22H2,1-6H3,(H,37,44)(H,38,43)/t23?,24-,27?,28?,29-,30?,32?,33-/m0/s1. The van der Waals surface area contributed by atoms with E-state index in [0.717, 1.165) is 49.7 Å². The summed E-state index contributed by atoms with van der Waals surface area (Å²) in [5, 5.41) is 29.1. The molecule has 248 valence electrons. The highest BCUT2D eigenvalue weighted by Crippen LogP contribution is 2.61. The van der Waals surface area contributed by atoms with Crippen LogP contribution in [0.4, 0.5) is 0 Å². The van der Waals surface area contributed by atoms with Crippen molar-refractivity contribution >= 4 is 11.8 Å². The van der Waals surface area contributed by atoms with Crippen molar-refractivity contribution in [3.05, 3.63) is 35.4 Å². The van der Waals surface area contributed by atoms with E-state index >= 15 is 0 Å². The fourth-order valence-corrected chi connectivity index (χ4v) is 8.63. The average Bonchev–Trinajstić information content (AvgIpc) is 3.35. The van der Waals surface area contributed by atoms with Gasteiger partial charge in [-0.3, -0.25) is 14.4 Å². The van der Waals surface area contributed by atoms with Crippen molar-refractivity contribution in [1.29, 1.82) is 0 Å². The summed E-state index contributed by atoms with van der Waals surface area (Å²) in [7, 11) is 3.77. The lowest BCUT2D eigenvalue weighted by atomic mass is 9.45. The number of rotatable bonds is 9. The molecule has 6 rings (SSSR count). The van der Waals surface area contributed by atoms with Gasteiger partial charge in [0.2, 0.25) is 11.8 Å². The molecule has 9 heteroatoms. The van der Waals surface area contributed by atoms with Crippen molar-refractivity contribution in [3.63, 3.8) is 0 Å². The van der Waals surface area contributed by atoms with E-state index in [1.54, 1.807) is 12.0 Å². The van der Waals surface area contributed by atoms with Gasteiger partial charge in [0.05, 0.1) is 25.8 Å². The Labute approximate surface area is 269 Å². The highest BCUT2D eigenvalue weighted by molar-refractivity contribution is 5.83. The summed E-state index contributed by atoms with van der Waals surface area (Å²) in [5.41, 5.74) is 1.51. The highest BCUT2D eigenvalue weighted by Gasteiger charge is 2.57. The lowest BCUT2D eigenvalue weighted by molar-refractivity contribution is -0.183. The average molecular weight is 623 g/mol. The minimum atomic E-state index is -0.842. The van der Waals surface area contributed by atoms with Crippen molar-refractivity contribution in [2.24, 2.45) is 29.1 Å². The van der Waals surface area contributed by atoms with Gasteiger partial charge in [0.25, 0.3) is 0 Å². The van der Waals surface area contributed by atoms with E-state index < -0.39 is 29.7 Å². The van der Waals surface area contributed by atoms with Gasteiger partial charge in [-0.25, -0.2) is 0 Å². The fourth-order valence-electron chi connectivity index (χ4n) is 8.63. The number of aliphatic hydroxyl groups excluding tert-OH is 2. The molecule has 1 aliphatic heterocycles. The van der Waals surface area contributed by atoms with Gasteiger partial charge >= 0.3 is 0 Å². The van der Waals surface area contributed by atoms with Crippen LogP contribution < -0.4 is 10.6 Å². The van der Waals surface area contributed by atoms with Gasteiger partial charge in [-0.2, -0.15) is 5.06 Å². The van der Waals surface area contributed by atoms with E-state index in [4.69, 9.17) is 4.84 Å². The first kappa shape index (κ1) is 33.9. The van der Waals surface area contributed by atoms with Crippen LogP contribution in [0.3, 0.4) is 0 Å². The maximum Gasteiger partial charge on any atom is 0.240 e. The molecule has 1 saturated heterocycles. The predicted octanol–water partition coefficient (Wildman–Crippen LogP) is 3.08. The van der Waals surface area contributed by atoms with Crippen molar-refractivity contribution < 1.29 is 24.6 Å². The van der Waals surface area contributed by atoms with E-state index in [1.165, 1.54) is 6.42 Å². The molecule has 1 heterocycles. The number of likely N-dealkylation sites (N-methyl/N-ethyl adjacent to an activating group) is 1. The molecule has 5 fully saturated rings. The van der Waals surface area contributed by atoms with Crippen LogP contribution in [0.1, 0.15) is 83.8 Å². The quantitative estimate of drug-likeness (QED) is 0.313. The van der Waals surface area contributed by atoms with E-state index in [-0.39, 0.29) is 24.5 Å².